The van der Waals surface area contributed by atoms with E-state index in [-0.39, 0.29) is 0 Å². The molecule has 2 heteroatoms. The van der Waals surface area contributed by atoms with Gasteiger partial charge in [-0.3, -0.25) is 0 Å². The van der Waals surface area contributed by atoms with Crippen molar-refractivity contribution in [2.75, 3.05) is 11.5 Å². The molecule has 0 spiro atoms. The minimum absolute atomic E-state index is 0.894. The summed E-state index contributed by atoms with van der Waals surface area (Å²) in [5.74, 6) is 2.96. The summed E-state index contributed by atoms with van der Waals surface area (Å²) in [4.78, 5) is 0. The molecule has 1 N–H and O–H groups in total. The minimum atomic E-state index is -1.46. The van der Waals surface area contributed by atoms with Crippen molar-refractivity contribution < 1.29 is 4.55 Å². The molecule has 0 aromatic heterocycles. The van der Waals surface area contributed by atoms with Crippen molar-refractivity contribution >= 4 is 10.3 Å². The van der Waals surface area contributed by atoms with Crippen molar-refractivity contribution in [1.82, 2.24) is 0 Å². The highest BCUT2D eigenvalue weighted by molar-refractivity contribution is 8.28. The maximum Gasteiger partial charge on any atom is 0.0239 e. The van der Waals surface area contributed by atoms with Gasteiger partial charge in [-0.1, -0.05) is 108 Å². The predicted molar refractivity (Wildman–Crippen MR) is 117 cm³/mol. The summed E-state index contributed by atoms with van der Waals surface area (Å²) >= 11 is 0. The molecule has 1 aromatic rings. The van der Waals surface area contributed by atoms with Gasteiger partial charge in [0.15, 0.2) is 0 Å². The van der Waals surface area contributed by atoms with Gasteiger partial charge in [0.1, 0.15) is 0 Å². The van der Waals surface area contributed by atoms with Gasteiger partial charge in [0.2, 0.25) is 0 Å². The van der Waals surface area contributed by atoms with E-state index in [1.807, 2.05) is 0 Å². The van der Waals surface area contributed by atoms with Crippen LogP contribution in [-0.4, -0.2) is 16.1 Å². The van der Waals surface area contributed by atoms with Gasteiger partial charge in [0.05, 0.1) is 0 Å². The Balaban J connectivity index is 2.20. The van der Waals surface area contributed by atoms with Gasteiger partial charge in [-0.25, -0.2) is 0 Å². The Labute approximate surface area is 159 Å². The Morgan fingerprint density at radius 2 is 1.12 bits per heavy atom. The van der Waals surface area contributed by atoms with Crippen molar-refractivity contribution in [2.45, 2.75) is 96.7 Å². The van der Waals surface area contributed by atoms with Crippen molar-refractivity contribution in [3.05, 3.63) is 35.9 Å². The number of hydrogen-bond acceptors (Lipinski definition) is 1. The van der Waals surface area contributed by atoms with Gasteiger partial charge >= 0.3 is 0 Å². The zero-order valence-electron chi connectivity index (χ0n) is 16.8. The van der Waals surface area contributed by atoms with Gasteiger partial charge in [-0.05, 0) is 29.9 Å². The van der Waals surface area contributed by atoms with Crippen molar-refractivity contribution in [2.24, 2.45) is 0 Å². The number of benzene rings is 1. The fourth-order valence-corrected chi connectivity index (χ4v) is 6.28. The summed E-state index contributed by atoms with van der Waals surface area (Å²) in [5.41, 5.74) is 1.31. The summed E-state index contributed by atoms with van der Waals surface area (Å²) in [7, 11) is -1.46. The van der Waals surface area contributed by atoms with E-state index in [0.717, 1.165) is 23.7 Å². The zero-order valence-corrected chi connectivity index (χ0v) is 17.7. The van der Waals surface area contributed by atoms with Crippen LogP contribution in [0.25, 0.3) is 0 Å². The van der Waals surface area contributed by atoms with Crippen LogP contribution in [0.2, 0.25) is 0 Å². The van der Waals surface area contributed by atoms with Crippen LogP contribution in [0.5, 0.6) is 0 Å². The predicted octanol–water partition coefficient (Wildman–Crippen LogP) is 8.19. The van der Waals surface area contributed by atoms with Gasteiger partial charge in [-0.2, -0.15) is 0 Å². The van der Waals surface area contributed by atoms with Crippen LogP contribution in [0.1, 0.15) is 96.5 Å². The highest BCUT2D eigenvalue weighted by atomic mass is 32.3. The lowest BCUT2D eigenvalue weighted by Gasteiger charge is -2.34. The van der Waals surface area contributed by atoms with E-state index in [4.69, 9.17) is 0 Å². The number of unbranched alkanes of at least 4 members (excludes halogenated alkanes) is 10. The van der Waals surface area contributed by atoms with Crippen LogP contribution in [0.4, 0.5) is 0 Å². The Kier molecular flexibility index (Phi) is 13.2. The van der Waals surface area contributed by atoms with Crippen LogP contribution >= 0.6 is 10.3 Å². The molecule has 0 saturated heterocycles. The molecule has 1 rings (SSSR count). The fraction of sp³-hybridized carbons (Fsp3) is 0.739. The Morgan fingerprint density at radius 1 is 0.640 bits per heavy atom. The van der Waals surface area contributed by atoms with Crippen LogP contribution in [0.3, 0.4) is 0 Å². The third-order valence-electron chi connectivity index (χ3n) is 5.03. The lowest BCUT2D eigenvalue weighted by molar-refractivity contribution is 0.559. The first-order valence-electron chi connectivity index (χ1n) is 10.7. The lowest BCUT2D eigenvalue weighted by Crippen LogP contribution is -2.12. The summed E-state index contributed by atoms with van der Waals surface area (Å²) in [5, 5.41) is 0. The quantitative estimate of drug-likeness (QED) is 0.292. The second-order valence-electron chi connectivity index (χ2n) is 7.57. The largest absolute Gasteiger partial charge is 0.351 e. The molecule has 0 fully saturated rings. The molecule has 0 aliphatic heterocycles. The highest BCUT2D eigenvalue weighted by Crippen LogP contribution is 2.48. The minimum Gasteiger partial charge on any atom is -0.351 e. The van der Waals surface area contributed by atoms with Gasteiger partial charge in [0.25, 0.3) is 0 Å². The Hall–Kier alpha value is -0.470. The first-order valence-corrected chi connectivity index (χ1v) is 12.8. The Bertz CT molecular complexity index is 406. The monoisotopic (exact) mass is 366 g/mol. The second-order valence-corrected chi connectivity index (χ2v) is 10.7. The van der Waals surface area contributed by atoms with Gasteiger partial charge < -0.3 is 4.55 Å². The molecule has 1 unspecified atom stereocenters. The molecule has 0 aliphatic carbocycles. The van der Waals surface area contributed by atoms with Gasteiger partial charge in [-0.15, -0.1) is 10.3 Å². The molecule has 0 aliphatic rings. The van der Waals surface area contributed by atoms with E-state index in [1.165, 1.54) is 76.2 Å². The van der Waals surface area contributed by atoms with E-state index in [1.54, 1.807) is 0 Å². The molecule has 146 valence electrons. The van der Waals surface area contributed by atoms with E-state index < -0.39 is 10.3 Å². The molecule has 25 heavy (non-hydrogen) atoms. The first kappa shape index (κ1) is 22.6. The maximum absolute atomic E-state index is 11.2. The molecule has 1 nitrogen and oxygen atoms in total. The molecule has 0 amide bonds. The molecule has 1 atom stereocenters. The zero-order chi connectivity index (χ0) is 18.2. The number of rotatable bonds is 16. The molecule has 0 saturated carbocycles. The van der Waals surface area contributed by atoms with Crippen molar-refractivity contribution in [3.63, 3.8) is 0 Å². The smallest absolute Gasteiger partial charge is 0.0239 e. The van der Waals surface area contributed by atoms with E-state index >= 15 is 0 Å². The molecule has 0 heterocycles. The first-order chi connectivity index (χ1) is 12.2. The SMILES string of the molecule is CCCCCCCCCCCCS(O)(CCCC)Cc1ccccc1. The van der Waals surface area contributed by atoms with Crippen LogP contribution < -0.4 is 0 Å². The average molecular weight is 367 g/mol. The van der Waals surface area contributed by atoms with E-state index in [0.29, 0.717) is 0 Å². The summed E-state index contributed by atoms with van der Waals surface area (Å²) in [6.07, 6.45) is 16.0. The van der Waals surface area contributed by atoms with E-state index in [9.17, 15) is 4.55 Å². The second kappa shape index (κ2) is 14.7. The standard InChI is InChI=1S/C23H42OS/c1-3-5-7-8-9-10-11-12-13-17-21-25(24,20-6-4-2)22-23-18-15-14-16-19-23/h14-16,18-19,24H,3-13,17,20-22H2,1-2H3. The van der Waals surface area contributed by atoms with Crippen LogP contribution in [0, 0.1) is 0 Å². The molecular formula is C23H42OS. The Morgan fingerprint density at radius 3 is 1.68 bits per heavy atom. The third kappa shape index (κ3) is 11.7. The molecule has 0 radical (unpaired) electrons. The van der Waals surface area contributed by atoms with Crippen LogP contribution in [-0.2, 0) is 5.75 Å². The average Bonchev–Trinajstić information content (AvgIpc) is 2.62. The van der Waals surface area contributed by atoms with E-state index in [2.05, 4.69) is 44.2 Å². The molecular weight excluding hydrogens is 324 g/mol. The summed E-state index contributed by atoms with van der Waals surface area (Å²) in [6.45, 7) is 4.50. The van der Waals surface area contributed by atoms with Crippen molar-refractivity contribution in [1.29, 1.82) is 0 Å². The highest BCUT2D eigenvalue weighted by Gasteiger charge is 2.20. The number of hydrogen-bond donors (Lipinski definition) is 1. The molecule has 1 aromatic carbocycles. The van der Waals surface area contributed by atoms with Crippen molar-refractivity contribution in [3.8, 4) is 0 Å². The van der Waals surface area contributed by atoms with Gasteiger partial charge in [0, 0.05) is 5.75 Å². The summed E-state index contributed by atoms with van der Waals surface area (Å²) in [6, 6.07) is 10.6. The molecule has 0 bridgehead atoms. The maximum atomic E-state index is 11.2. The topological polar surface area (TPSA) is 20.2 Å². The van der Waals surface area contributed by atoms with Crippen LogP contribution in [0.15, 0.2) is 30.3 Å². The third-order valence-corrected chi connectivity index (χ3v) is 8.00. The fourth-order valence-electron chi connectivity index (χ4n) is 3.40. The normalized spacial score (nSPS) is 15.0. The summed E-state index contributed by atoms with van der Waals surface area (Å²) < 4.78 is 11.2. The lowest BCUT2D eigenvalue weighted by atomic mass is 10.1.